The monoisotopic (exact) mass is 422 g/mol. The maximum absolute atomic E-state index is 13.0. The number of piperazine rings is 1. The minimum Gasteiger partial charge on any atom is -0.353 e. The van der Waals surface area contributed by atoms with E-state index in [0.717, 1.165) is 16.9 Å². The van der Waals surface area contributed by atoms with E-state index in [2.05, 4.69) is 9.88 Å². The highest BCUT2D eigenvalue weighted by atomic mass is 35.5. The van der Waals surface area contributed by atoms with E-state index in [1.165, 1.54) is 0 Å². The molecule has 1 aliphatic heterocycles. The second-order valence-corrected chi connectivity index (χ2v) is 7.89. The zero-order chi connectivity index (χ0) is 21.1. The Balaban J connectivity index is 1.46. The SMILES string of the molecule is Cc1cccc(Cn2cccc(C(=O)N3CCN(c4ccc(Cl)cn4)CC3)c2=O)c1. The van der Waals surface area contributed by atoms with E-state index in [0.29, 0.717) is 37.7 Å². The highest BCUT2D eigenvalue weighted by molar-refractivity contribution is 6.30. The standard InChI is InChI=1S/C23H23ClN4O2/c1-17-4-2-5-18(14-17)16-28-9-3-6-20(23(28)30)22(29)27-12-10-26(11-13-27)21-8-7-19(24)15-25-21/h2-9,14-15H,10-13,16H2,1H3. The number of rotatable bonds is 4. The number of halogens is 1. The molecule has 4 rings (SSSR count). The van der Waals surface area contributed by atoms with Crippen LogP contribution >= 0.6 is 11.6 Å². The fourth-order valence-electron chi connectivity index (χ4n) is 3.70. The lowest BCUT2D eigenvalue weighted by molar-refractivity contribution is 0.0744. The molecule has 30 heavy (non-hydrogen) atoms. The van der Waals surface area contributed by atoms with E-state index in [1.54, 1.807) is 34.0 Å². The smallest absolute Gasteiger partial charge is 0.263 e. The van der Waals surface area contributed by atoms with Crippen molar-refractivity contribution in [2.24, 2.45) is 0 Å². The van der Waals surface area contributed by atoms with Gasteiger partial charge in [0.05, 0.1) is 11.6 Å². The molecule has 154 valence electrons. The molecule has 0 saturated carbocycles. The number of hydrogen-bond donors (Lipinski definition) is 0. The van der Waals surface area contributed by atoms with Gasteiger partial charge in [0, 0.05) is 38.6 Å². The molecule has 2 aromatic heterocycles. The summed E-state index contributed by atoms with van der Waals surface area (Å²) in [7, 11) is 0. The van der Waals surface area contributed by atoms with Crippen LogP contribution in [0.2, 0.25) is 5.02 Å². The molecule has 0 bridgehead atoms. The van der Waals surface area contributed by atoms with Crippen LogP contribution in [-0.4, -0.2) is 46.5 Å². The quantitative estimate of drug-likeness (QED) is 0.647. The average molecular weight is 423 g/mol. The number of benzene rings is 1. The zero-order valence-corrected chi connectivity index (χ0v) is 17.5. The van der Waals surface area contributed by atoms with E-state index < -0.39 is 0 Å². The number of carbonyl (C=O) groups is 1. The Morgan fingerprint density at radius 3 is 2.57 bits per heavy atom. The Bertz CT molecular complexity index is 1100. The second kappa shape index (κ2) is 8.71. The molecule has 1 fully saturated rings. The summed E-state index contributed by atoms with van der Waals surface area (Å²) in [5.41, 5.74) is 2.13. The molecular formula is C23H23ClN4O2. The normalized spacial score (nSPS) is 14.1. The van der Waals surface area contributed by atoms with Crippen LogP contribution < -0.4 is 10.5 Å². The molecule has 0 aliphatic carbocycles. The van der Waals surface area contributed by atoms with Crippen LogP contribution in [-0.2, 0) is 6.54 Å². The number of pyridine rings is 2. The van der Waals surface area contributed by atoms with Gasteiger partial charge in [-0.1, -0.05) is 41.4 Å². The fraction of sp³-hybridized carbons (Fsp3) is 0.261. The number of aromatic nitrogens is 2. The highest BCUT2D eigenvalue weighted by Crippen LogP contribution is 2.17. The molecule has 0 unspecified atom stereocenters. The maximum atomic E-state index is 13.0. The Morgan fingerprint density at radius 1 is 1.07 bits per heavy atom. The van der Waals surface area contributed by atoms with E-state index in [9.17, 15) is 9.59 Å². The molecule has 0 radical (unpaired) electrons. The van der Waals surface area contributed by atoms with Gasteiger partial charge in [0.15, 0.2) is 0 Å². The lowest BCUT2D eigenvalue weighted by atomic mass is 10.1. The molecule has 0 N–H and O–H groups in total. The number of aryl methyl sites for hydroxylation is 1. The first-order valence-electron chi connectivity index (χ1n) is 9.92. The Hall–Kier alpha value is -3.12. The first kappa shape index (κ1) is 20.2. The summed E-state index contributed by atoms with van der Waals surface area (Å²) in [6.45, 7) is 4.85. The molecule has 1 amide bonds. The third-order valence-corrected chi connectivity index (χ3v) is 5.51. The van der Waals surface area contributed by atoms with Crippen molar-refractivity contribution >= 4 is 23.3 Å². The minimum atomic E-state index is -0.259. The van der Waals surface area contributed by atoms with Crippen molar-refractivity contribution in [3.8, 4) is 0 Å². The Kier molecular flexibility index (Phi) is 5.86. The van der Waals surface area contributed by atoms with Crippen molar-refractivity contribution in [3.05, 3.63) is 93.0 Å². The van der Waals surface area contributed by atoms with Gasteiger partial charge in [-0.25, -0.2) is 4.98 Å². The molecule has 1 aromatic carbocycles. The molecule has 6 nitrogen and oxygen atoms in total. The van der Waals surface area contributed by atoms with E-state index in [4.69, 9.17) is 11.6 Å². The third kappa shape index (κ3) is 4.39. The van der Waals surface area contributed by atoms with Gasteiger partial charge >= 0.3 is 0 Å². The topological polar surface area (TPSA) is 58.4 Å². The highest BCUT2D eigenvalue weighted by Gasteiger charge is 2.24. The molecule has 3 heterocycles. The van der Waals surface area contributed by atoms with Gasteiger partial charge in [0.25, 0.3) is 11.5 Å². The van der Waals surface area contributed by atoms with Crippen LogP contribution in [0, 0.1) is 6.92 Å². The summed E-state index contributed by atoms with van der Waals surface area (Å²) in [4.78, 5) is 34.2. The van der Waals surface area contributed by atoms with Gasteiger partial charge in [-0.2, -0.15) is 0 Å². The average Bonchev–Trinajstić information content (AvgIpc) is 2.75. The summed E-state index contributed by atoms with van der Waals surface area (Å²) >= 11 is 5.90. The number of amides is 1. The predicted molar refractivity (Wildman–Crippen MR) is 118 cm³/mol. The summed E-state index contributed by atoms with van der Waals surface area (Å²) in [5.74, 6) is 0.619. The molecular weight excluding hydrogens is 400 g/mol. The first-order chi connectivity index (χ1) is 14.5. The number of hydrogen-bond acceptors (Lipinski definition) is 4. The van der Waals surface area contributed by atoms with Crippen molar-refractivity contribution in [2.45, 2.75) is 13.5 Å². The number of anilines is 1. The van der Waals surface area contributed by atoms with Gasteiger partial charge in [-0.3, -0.25) is 9.59 Å². The Morgan fingerprint density at radius 2 is 1.87 bits per heavy atom. The van der Waals surface area contributed by atoms with Crippen LogP contribution in [0.1, 0.15) is 21.5 Å². The molecule has 1 aliphatic rings. The fourth-order valence-corrected chi connectivity index (χ4v) is 3.81. The lowest BCUT2D eigenvalue weighted by Gasteiger charge is -2.35. The van der Waals surface area contributed by atoms with Crippen molar-refractivity contribution in [1.29, 1.82) is 0 Å². The molecule has 0 spiro atoms. The summed E-state index contributed by atoms with van der Waals surface area (Å²) in [6, 6.07) is 15.1. The summed E-state index contributed by atoms with van der Waals surface area (Å²) in [5, 5.41) is 0.596. The minimum absolute atomic E-state index is 0.211. The van der Waals surface area contributed by atoms with Gasteiger partial charge in [0.2, 0.25) is 0 Å². The summed E-state index contributed by atoms with van der Waals surface area (Å²) in [6.07, 6.45) is 3.35. The third-order valence-electron chi connectivity index (χ3n) is 5.29. The van der Waals surface area contributed by atoms with Crippen molar-refractivity contribution in [2.75, 3.05) is 31.1 Å². The Labute approximate surface area is 180 Å². The summed E-state index contributed by atoms with van der Waals surface area (Å²) < 4.78 is 1.59. The van der Waals surface area contributed by atoms with Gasteiger partial charge < -0.3 is 14.4 Å². The molecule has 3 aromatic rings. The van der Waals surface area contributed by atoms with E-state index in [-0.39, 0.29) is 17.0 Å². The van der Waals surface area contributed by atoms with Gasteiger partial charge in [0.1, 0.15) is 11.4 Å². The van der Waals surface area contributed by atoms with Crippen LogP contribution in [0.4, 0.5) is 5.82 Å². The van der Waals surface area contributed by atoms with Crippen LogP contribution in [0.25, 0.3) is 0 Å². The van der Waals surface area contributed by atoms with Crippen LogP contribution in [0.3, 0.4) is 0 Å². The largest absolute Gasteiger partial charge is 0.353 e. The van der Waals surface area contributed by atoms with Crippen molar-refractivity contribution in [1.82, 2.24) is 14.5 Å². The second-order valence-electron chi connectivity index (χ2n) is 7.46. The first-order valence-corrected chi connectivity index (χ1v) is 10.3. The maximum Gasteiger partial charge on any atom is 0.263 e. The van der Waals surface area contributed by atoms with Crippen molar-refractivity contribution in [3.63, 3.8) is 0 Å². The molecule has 7 heteroatoms. The lowest BCUT2D eigenvalue weighted by Crippen LogP contribution is -2.50. The van der Waals surface area contributed by atoms with Crippen molar-refractivity contribution < 1.29 is 4.79 Å². The van der Waals surface area contributed by atoms with E-state index >= 15 is 0 Å². The molecule has 1 saturated heterocycles. The van der Waals surface area contributed by atoms with E-state index in [1.807, 2.05) is 43.3 Å². The van der Waals surface area contributed by atoms with Crippen LogP contribution in [0.15, 0.2) is 65.7 Å². The number of nitrogens with zero attached hydrogens (tertiary/aromatic N) is 4. The number of carbonyl (C=O) groups excluding carboxylic acids is 1. The molecule has 0 atom stereocenters. The van der Waals surface area contributed by atoms with Crippen LogP contribution in [0.5, 0.6) is 0 Å². The van der Waals surface area contributed by atoms with Gasteiger partial charge in [-0.05, 0) is 36.8 Å². The predicted octanol–water partition coefficient (Wildman–Crippen LogP) is 3.22. The zero-order valence-electron chi connectivity index (χ0n) is 16.8. The van der Waals surface area contributed by atoms with Gasteiger partial charge in [-0.15, -0.1) is 0 Å².